The van der Waals surface area contributed by atoms with Gasteiger partial charge in [-0.25, -0.2) is 0 Å². The molecule has 0 aliphatic carbocycles. The Morgan fingerprint density at radius 3 is 1.85 bits per heavy atom. The maximum atomic E-state index is 12.8. The average molecular weight is 583 g/mol. The first-order valence-electron chi connectivity index (χ1n) is 11.4. The molecule has 0 saturated heterocycles. The van der Waals surface area contributed by atoms with Crippen LogP contribution in [0, 0.1) is 11.3 Å². The minimum Gasteiger partial charge on any atom is -0.493 e. The molecule has 3 N–H and O–H groups in total. The average Bonchev–Trinajstić information content (AvgIpc) is 2.89. The van der Waals surface area contributed by atoms with E-state index in [1.807, 2.05) is 6.07 Å². The molecule has 0 aromatic heterocycles. The van der Waals surface area contributed by atoms with E-state index in [-0.39, 0.29) is 44.4 Å². The van der Waals surface area contributed by atoms with Gasteiger partial charge < -0.3 is 24.9 Å². The van der Waals surface area contributed by atoms with E-state index in [1.165, 1.54) is 63.4 Å². The summed E-state index contributed by atoms with van der Waals surface area (Å²) in [5.74, 6) is -1.63. The lowest BCUT2D eigenvalue weighted by molar-refractivity contribution is -0.115. The lowest BCUT2D eigenvalue weighted by atomic mass is 10.1. The van der Waals surface area contributed by atoms with Crippen molar-refractivity contribution in [3.63, 3.8) is 0 Å². The van der Waals surface area contributed by atoms with Crippen LogP contribution >= 0.6 is 11.6 Å². The van der Waals surface area contributed by atoms with Crippen LogP contribution in [0.2, 0.25) is 5.02 Å². The topological polar surface area (TPSA) is 164 Å². The maximum absolute atomic E-state index is 12.8. The van der Waals surface area contributed by atoms with Gasteiger partial charge in [0.15, 0.2) is 5.75 Å². The summed E-state index contributed by atoms with van der Waals surface area (Å²) in [6.07, 6.45) is 1.24. The van der Waals surface area contributed by atoms with E-state index in [0.717, 1.165) is 0 Å². The minimum absolute atomic E-state index is 0.0663. The van der Waals surface area contributed by atoms with Crippen LogP contribution in [-0.4, -0.2) is 33.2 Å². The highest BCUT2D eigenvalue weighted by molar-refractivity contribution is 7.87. The van der Waals surface area contributed by atoms with Crippen molar-refractivity contribution < 1.29 is 31.7 Å². The molecule has 206 valence electrons. The molecular weight excluding hydrogens is 560 g/mol. The van der Waals surface area contributed by atoms with Crippen molar-refractivity contribution in [1.82, 2.24) is 0 Å². The standard InChI is InChI=1S/C27H23ClN4O7S/c1-16(33)30-20-4-6-22(7-5-20)32-27(35)19(15-29)12-18-13-24(28)26(25(14-18)38-3)39-40(36,37)23-10-8-21(9-11-23)31-17(2)34/h4-14H,1-3H3,(H,30,33)(H,31,34)(H,32,35)/b19-12+. The fourth-order valence-corrected chi connectivity index (χ4v) is 4.58. The van der Waals surface area contributed by atoms with E-state index >= 15 is 0 Å². The summed E-state index contributed by atoms with van der Waals surface area (Å²) in [4.78, 5) is 34.8. The zero-order valence-electron chi connectivity index (χ0n) is 21.4. The molecule has 0 bridgehead atoms. The SMILES string of the molecule is COc1cc(/C=C(\C#N)C(=O)Nc2ccc(NC(C)=O)cc2)cc(Cl)c1OS(=O)(=O)c1ccc(NC(C)=O)cc1. The molecule has 0 radical (unpaired) electrons. The predicted octanol–water partition coefficient (Wildman–Crippen LogP) is 4.58. The molecule has 3 aromatic rings. The first-order chi connectivity index (χ1) is 18.9. The van der Waals surface area contributed by atoms with Gasteiger partial charge >= 0.3 is 10.1 Å². The van der Waals surface area contributed by atoms with Crippen LogP contribution in [0.25, 0.3) is 6.08 Å². The summed E-state index contributed by atoms with van der Waals surface area (Å²) in [6, 6.07) is 16.0. The molecule has 3 rings (SSSR count). The Morgan fingerprint density at radius 2 is 1.38 bits per heavy atom. The van der Waals surface area contributed by atoms with Gasteiger partial charge in [0.2, 0.25) is 17.6 Å². The molecule has 40 heavy (non-hydrogen) atoms. The molecule has 0 unspecified atom stereocenters. The number of halogens is 1. The summed E-state index contributed by atoms with van der Waals surface area (Å²) < 4.78 is 36.2. The van der Waals surface area contributed by atoms with Crippen LogP contribution in [0.5, 0.6) is 11.5 Å². The number of nitrogens with one attached hydrogen (secondary N) is 3. The summed E-state index contributed by atoms with van der Waals surface area (Å²) in [6.45, 7) is 2.69. The van der Waals surface area contributed by atoms with E-state index in [1.54, 1.807) is 24.3 Å². The van der Waals surface area contributed by atoms with Gasteiger partial charge in [0.1, 0.15) is 16.5 Å². The predicted molar refractivity (Wildman–Crippen MR) is 150 cm³/mol. The molecular formula is C27H23ClN4O7S. The fourth-order valence-electron chi connectivity index (χ4n) is 3.32. The van der Waals surface area contributed by atoms with Gasteiger partial charge in [-0.1, -0.05) is 11.6 Å². The Labute approximate surface area is 235 Å². The normalized spacial score (nSPS) is 11.1. The molecule has 0 saturated carbocycles. The second-order valence-electron chi connectivity index (χ2n) is 8.16. The highest BCUT2D eigenvalue weighted by Crippen LogP contribution is 2.39. The van der Waals surface area contributed by atoms with E-state index in [4.69, 9.17) is 20.5 Å². The summed E-state index contributed by atoms with van der Waals surface area (Å²) in [7, 11) is -3.08. The molecule has 11 nitrogen and oxygen atoms in total. The molecule has 3 aromatic carbocycles. The zero-order valence-corrected chi connectivity index (χ0v) is 23.0. The smallest absolute Gasteiger partial charge is 0.339 e. The molecule has 0 atom stereocenters. The number of carbonyl (C=O) groups is 3. The Bertz CT molecular complexity index is 1630. The van der Waals surface area contributed by atoms with Crippen LogP contribution < -0.4 is 24.9 Å². The van der Waals surface area contributed by atoms with Crippen molar-refractivity contribution in [3.8, 4) is 17.6 Å². The molecule has 0 spiro atoms. The molecule has 0 aliphatic rings. The Morgan fingerprint density at radius 1 is 0.875 bits per heavy atom. The lowest BCUT2D eigenvalue weighted by Gasteiger charge is -2.14. The van der Waals surface area contributed by atoms with Crippen molar-refractivity contribution >= 4 is 62.6 Å². The number of ether oxygens (including phenoxy) is 1. The van der Waals surface area contributed by atoms with Gasteiger partial charge in [0.05, 0.1) is 12.1 Å². The number of amides is 3. The molecule has 0 fully saturated rings. The van der Waals surface area contributed by atoms with Crippen LogP contribution in [0.15, 0.2) is 71.1 Å². The van der Waals surface area contributed by atoms with E-state index in [0.29, 0.717) is 17.1 Å². The first-order valence-corrected chi connectivity index (χ1v) is 13.2. The zero-order chi connectivity index (χ0) is 29.4. The largest absolute Gasteiger partial charge is 0.493 e. The third-order valence-electron chi connectivity index (χ3n) is 5.05. The number of benzene rings is 3. The lowest BCUT2D eigenvalue weighted by Crippen LogP contribution is -2.13. The molecule has 0 aliphatic heterocycles. The number of nitrogens with zero attached hydrogens (tertiary/aromatic N) is 1. The third-order valence-corrected chi connectivity index (χ3v) is 6.56. The van der Waals surface area contributed by atoms with Crippen LogP contribution in [0.4, 0.5) is 17.1 Å². The van der Waals surface area contributed by atoms with E-state index in [9.17, 15) is 28.1 Å². The number of methoxy groups -OCH3 is 1. The second-order valence-corrected chi connectivity index (χ2v) is 10.1. The van der Waals surface area contributed by atoms with Gasteiger partial charge in [0, 0.05) is 30.9 Å². The molecule has 13 heteroatoms. The number of rotatable bonds is 9. The number of anilines is 3. The fraction of sp³-hybridized carbons (Fsp3) is 0.111. The second kappa shape index (κ2) is 12.8. The number of hydrogen-bond donors (Lipinski definition) is 3. The summed E-state index contributed by atoms with van der Waals surface area (Å²) in [5, 5.41) is 17.1. The monoisotopic (exact) mass is 582 g/mol. The Kier molecular flexibility index (Phi) is 9.50. The van der Waals surface area contributed by atoms with Gasteiger partial charge in [-0.3, -0.25) is 14.4 Å². The van der Waals surface area contributed by atoms with Gasteiger partial charge in [-0.2, -0.15) is 13.7 Å². The first kappa shape index (κ1) is 29.7. The third kappa shape index (κ3) is 7.83. The van der Waals surface area contributed by atoms with Crippen molar-refractivity contribution in [3.05, 3.63) is 76.8 Å². The number of hydrogen-bond acceptors (Lipinski definition) is 8. The van der Waals surface area contributed by atoms with Crippen LogP contribution in [0.1, 0.15) is 19.4 Å². The highest BCUT2D eigenvalue weighted by atomic mass is 35.5. The van der Waals surface area contributed by atoms with E-state index in [2.05, 4.69) is 16.0 Å². The van der Waals surface area contributed by atoms with Gasteiger partial charge in [0.25, 0.3) is 5.91 Å². The minimum atomic E-state index is -4.34. The Balaban J connectivity index is 1.83. The highest BCUT2D eigenvalue weighted by Gasteiger charge is 2.22. The van der Waals surface area contributed by atoms with Crippen molar-refractivity contribution in [2.24, 2.45) is 0 Å². The molecule has 0 heterocycles. The van der Waals surface area contributed by atoms with Gasteiger partial charge in [-0.05, 0) is 72.3 Å². The van der Waals surface area contributed by atoms with Crippen LogP contribution in [0.3, 0.4) is 0 Å². The Hall–Kier alpha value is -4.86. The number of nitriles is 1. The summed E-state index contributed by atoms with van der Waals surface area (Å²) in [5.41, 5.74) is 1.31. The summed E-state index contributed by atoms with van der Waals surface area (Å²) >= 11 is 6.32. The quantitative estimate of drug-likeness (QED) is 0.187. The number of carbonyl (C=O) groups excluding carboxylic acids is 3. The van der Waals surface area contributed by atoms with E-state index < -0.39 is 16.0 Å². The molecule has 3 amide bonds. The van der Waals surface area contributed by atoms with Crippen molar-refractivity contribution in [2.75, 3.05) is 23.1 Å². The van der Waals surface area contributed by atoms with Crippen molar-refractivity contribution in [2.45, 2.75) is 18.7 Å². The van der Waals surface area contributed by atoms with Crippen LogP contribution in [-0.2, 0) is 24.5 Å². The maximum Gasteiger partial charge on any atom is 0.339 e. The van der Waals surface area contributed by atoms with Crippen molar-refractivity contribution in [1.29, 1.82) is 5.26 Å². The van der Waals surface area contributed by atoms with Gasteiger partial charge in [-0.15, -0.1) is 0 Å².